The Balaban J connectivity index is 1.76. The van der Waals surface area contributed by atoms with Crippen molar-refractivity contribution in [2.24, 2.45) is 0 Å². The molecular weight excluding hydrogens is 405 g/mol. The zero-order valence-corrected chi connectivity index (χ0v) is 17.0. The molecule has 1 heterocycles. The van der Waals surface area contributed by atoms with Crippen molar-refractivity contribution >= 4 is 19.7 Å². The number of nitrogens with one attached hydrogen (secondary N) is 1. The Morgan fingerprint density at radius 1 is 1.11 bits per heavy atom. The fourth-order valence-corrected chi connectivity index (χ4v) is 8.06. The molecule has 2 atom stereocenters. The van der Waals surface area contributed by atoms with E-state index < -0.39 is 36.7 Å². The van der Waals surface area contributed by atoms with Crippen LogP contribution in [0, 0.1) is 5.82 Å². The summed E-state index contributed by atoms with van der Waals surface area (Å²) in [6.45, 7) is 0.274. The van der Waals surface area contributed by atoms with Crippen LogP contribution < -0.4 is 10.1 Å². The van der Waals surface area contributed by atoms with E-state index in [0.717, 1.165) is 0 Å². The third-order valence-electron chi connectivity index (χ3n) is 4.85. The molecule has 1 aliphatic rings. The molecule has 28 heavy (non-hydrogen) atoms. The molecule has 1 saturated heterocycles. The lowest BCUT2D eigenvalue weighted by atomic mass is 10.1. The van der Waals surface area contributed by atoms with E-state index >= 15 is 0 Å². The van der Waals surface area contributed by atoms with E-state index in [4.69, 9.17) is 4.74 Å². The molecule has 0 amide bonds. The van der Waals surface area contributed by atoms with Crippen molar-refractivity contribution in [1.82, 2.24) is 5.32 Å². The number of hydrogen-bond acceptors (Lipinski definition) is 6. The summed E-state index contributed by atoms with van der Waals surface area (Å²) in [7, 11) is -5.88. The van der Waals surface area contributed by atoms with E-state index in [2.05, 4.69) is 5.32 Å². The first kappa shape index (κ1) is 20.8. The van der Waals surface area contributed by atoms with Crippen LogP contribution in [0.1, 0.15) is 5.56 Å². The van der Waals surface area contributed by atoms with Gasteiger partial charge in [0.05, 0.1) is 28.8 Å². The SMILES string of the molecule is COc1ccc(S(=O)(=O)C2CS(=O)(=O)CC2NCCc2ccccc2F)cc1. The average molecular weight is 428 g/mol. The third kappa shape index (κ3) is 4.53. The number of ether oxygens (including phenoxy) is 1. The van der Waals surface area contributed by atoms with Crippen molar-refractivity contribution in [3.05, 3.63) is 59.9 Å². The van der Waals surface area contributed by atoms with Crippen molar-refractivity contribution in [2.75, 3.05) is 25.2 Å². The molecule has 0 aliphatic carbocycles. The van der Waals surface area contributed by atoms with Gasteiger partial charge in [-0.2, -0.15) is 0 Å². The molecule has 152 valence electrons. The fourth-order valence-electron chi connectivity index (χ4n) is 3.35. The van der Waals surface area contributed by atoms with Crippen LogP contribution in [0.25, 0.3) is 0 Å². The molecule has 1 fully saturated rings. The zero-order valence-electron chi connectivity index (χ0n) is 15.3. The van der Waals surface area contributed by atoms with Crippen molar-refractivity contribution in [1.29, 1.82) is 0 Å². The molecule has 0 radical (unpaired) electrons. The van der Waals surface area contributed by atoms with E-state index in [1.54, 1.807) is 18.2 Å². The highest BCUT2D eigenvalue weighted by molar-refractivity contribution is 7.96. The molecule has 2 aromatic carbocycles. The van der Waals surface area contributed by atoms with E-state index in [1.807, 2.05) is 0 Å². The molecule has 3 rings (SSSR count). The molecule has 0 spiro atoms. The monoisotopic (exact) mass is 427 g/mol. The first-order valence-electron chi connectivity index (χ1n) is 8.78. The Morgan fingerprint density at radius 2 is 1.79 bits per heavy atom. The Hall–Kier alpha value is -1.97. The van der Waals surface area contributed by atoms with Gasteiger partial charge in [-0.05, 0) is 48.9 Å². The summed E-state index contributed by atoms with van der Waals surface area (Å²) >= 11 is 0. The minimum absolute atomic E-state index is 0.0521. The van der Waals surface area contributed by atoms with Crippen molar-refractivity contribution in [2.45, 2.75) is 22.6 Å². The zero-order chi connectivity index (χ0) is 20.4. The highest BCUT2D eigenvalue weighted by Gasteiger charge is 2.45. The molecule has 0 aromatic heterocycles. The Labute approximate surface area is 164 Å². The van der Waals surface area contributed by atoms with Crippen molar-refractivity contribution < 1.29 is 26.0 Å². The van der Waals surface area contributed by atoms with Crippen LogP contribution >= 0.6 is 0 Å². The number of hydrogen-bond donors (Lipinski definition) is 1. The van der Waals surface area contributed by atoms with Gasteiger partial charge in [-0.15, -0.1) is 0 Å². The number of benzene rings is 2. The maximum Gasteiger partial charge on any atom is 0.183 e. The van der Waals surface area contributed by atoms with Crippen LogP contribution in [-0.2, 0) is 26.1 Å². The summed E-state index contributed by atoms with van der Waals surface area (Å²) in [6, 6.07) is 11.4. The molecule has 1 aliphatic heterocycles. The number of methoxy groups -OCH3 is 1. The lowest BCUT2D eigenvalue weighted by molar-refractivity contribution is 0.414. The molecular formula is C19H22FNO5S2. The summed E-state index contributed by atoms with van der Waals surface area (Å²) in [5, 5.41) is 1.92. The highest BCUT2D eigenvalue weighted by Crippen LogP contribution is 2.27. The van der Waals surface area contributed by atoms with E-state index in [1.165, 1.54) is 37.4 Å². The number of sulfone groups is 2. The fraction of sp³-hybridized carbons (Fsp3) is 0.368. The number of halogens is 1. The Morgan fingerprint density at radius 3 is 2.43 bits per heavy atom. The highest BCUT2D eigenvalue weighted by atomic mass is 32.2. The lowest BCUT2D eigenvalue weighted by Crippen LogP contribution is -2.44. The molecule has 0 saturated carbocycles. The average Bonchev–Trinajstić information content (AvgIpc) is 2.98. The standard InChI is InChI=1S/C19H22FNO5S2/c1-26-15-6-8-16(9-7-15)28(24,25)19-13-27(22,23)12-18(19)21-11-10-14-4-2-3-5-17(14)20/h2-9,18-19,21H,10-13H2,1H3. The van der Waals surface area contributed by atoms with Crippen molar-refractivity contribution in [3.63, 3.8) is 0 Å². The summed E-state index contributed by atoms with van der Waals surface area (Å²) in [5.41, 5.74) is 0.491. The van der Waals surface area contributed by atoms with Gasteiger partial charge in [0.1, 0.15) is 11.6 Å². The topological polar surface area (TPSA) is 89.5 Å². The minimum atomic E-state index is -3.86. The van der Waals surface area contributed by atoms with Crippen LogP contribution in [-0.4, -0.2) is 53.3 Å². The molecule has 1 N–H and O–H groups in total. The predicted molar refractivity (Wildman–Crippen MR) is 105 cm³/mol. The second-order valence-corrected chi connectivity index (χ2v) is 11.1. The summed E-state index contributed by atoms with van der Waals surface area (Å²) < 4.78 is 69.1. The van der Waals surface area contributed by atoms with Gasteiger partial charge in [-0.3, -0.25) is 0 Å². The van der Waals surface area contributed by atoms with Crippen molar-refractivity contribution in [3.8, 4) is 5.75 Å². The van der Waals surface area contributed by atoms with Crippen LogP contribution in [0.5, 0.6) is 5.75 Å². The first-order chi connectivity index (χ1) is 13.2. The first-order valence-corrected chi connectivity index (χ1v) is 12.1. The second kappa shape index (κ2) is 8.18. The molecule has 0 bridgehead atoms. The smallest absolute Gasteiger partial charge is 0.183 e. The molecule has 2 aromatic rings. The minimum Gasteiger partial charge on any atom is -0.497 e. The van der Waals surface area contributed by atoms with Crippen LogP contribution in [0.4, 0.5) is 4.39 Å². The van der Waals surface area contributed by atoms with Gasteiger partial charge in [0.25, 0.3) is 0 Å². The molecule has 2 unspecified atom stereocenters. The largest absolute Gasteiger partial charge is 0.497 e. The Bertz CT molecular complexity index is 1040. The normalized spacial score (nSPS) is 21.5. The summed E-state index contributed by atoms with van der Waals surface area (Å²) in [5.74, 6) is -0.522. The van der Waals surface area contributed by atoms with Crippen LogP contribution in [0.15, 0.2) is 53.4 Å². The van der Waals surface area contributed by atoms with Gasteiger partial charge in [0, 0.05) is 6.04 Å². The summed E-state index contributed by atoms with van der Waals surface area (Å²) in [6.07, 6.45) is 0.332. The second-order valence-electron chi connectivity index (χ2n) is 6.74. The summed E-state index contributed by atoms with van der Waals surface area (Å²) in [4.78, 5) is 0.0521. The van der Waals surface area contributed by atoms with E-state index in [-0.39, 0.29) is 23.0 Å². The van der Waals surface area contributed by atoms with Crippen LogP contribution in [0.2, 0.25) is 0 Å². The third-order valence-corrected chi connectivity index (χ3v) is 9.01. The predicted octanol–water partition coefficient (Wildman–Crippen LogP) is 1.61. The van der Waals surface area contributed by atoms with Gasteiger partial charge in [0.15, 0.2) is 19.7 Å². The van der Waals surface area contributed by atoms with Crippen LogP contribution in [0.3, 0.4) is 0 Å². The number of rotatable bonds is 7. The Kier molecular flexibility index (Phi) is 6.07. The van der Waals surface area contributed by atoms with Gasteiger partial charge in [0.2, 0.25) is 0 Å². The van der Waals surface area contributed by atoms with Gasteiger partial charge in [-0.1, -0.05) is 18.2 Å². The quantitative estimate of drug-likeness (QED) is 0.722. The van der Waals surface area contributed by atoms with Gasteiger partial charge >= 0.3 is 0 Å². The maximum atomic E-state index is 13.7. The maximum absolute atomic E-state index is 13.7. The molecule has 9 heteroatoms. The van der Waals surface area contributed by atoms with E-state index in [9.17, 15) is 21.2 Å². The lowest BCUT2D eigenvalue weighted by Gasteiger charge is -2.20. The van der Waals surface area contributed by atoms with E-state index in [0.29, 0.717) is 17.7 Å². The van der Waals surface area contributed by atoms with Gasteiger partial charge < -0.3 is 10.1 Å². The molecule has 6 nitrogen and oxygen atoms in total. The van der Waals surface area contributed by atoms with Gasteiger partial charge in [-0.25, -0.2) is 21.2 Å².